The summed E-state index contributed by atoms with van der Waals surface area (Å²) in [5.74, 6) is 1.54. The summed E-state index contributed by atoms with van der Waals surface area (Å²) in [7, 11) is 3.29. The minimum absolute atomic E-state index is 0.0681. The summed E-state index contributed by atoms with van der Waals surface area (Å²) < 4.78 is 10.7. The van der Waals surface area contributed by atoms with Gasteiger partial charge >= 0.3 is 0 Å². The number of benzene rings is 1. The molecule has 106 valence electrons. The van der Waals surface area contributed by atoms with E-state index >= 15 is 0 Å². The van der Waals surface area contributed by atoms with Crippen LogP contribution in [0.1, 0.15) is 6.92 Å². The molecule has 1 fully saturated rings. The molecular formula is C14H22N2O3. The van der Waals surface area contributed by atoms with E-state index in [9.17, 15) is 5.11 Å². The van der Waals surface area contributed by atoms with Crippen molar-refractivity contribution >= 4 is 5.69 Å². The topological polar surface area (TPSA) is 54.0 Å². The molecule has 0 radical (unpaired) electrons. The van der Waals surface area contributed by atoms with E-state index in [1.54, 1.807) is 14.2 Å². The molecule has 5 heteroatoms. The van der Waals surface area contributed by atoms with Crippen LogP contribution in [-0.4, -0.2) is 51.1 Å². The molecule has 1 aliphatic heterocycles. The molecule has 0 amide bonds. The van der Waals surface area contributed by atoms with Crippen LogP contribution in [0.2, 0.25) is 0 Å². The number of aliphatic hydroxyl groups excluding tert-OH is 1. The molecule has 1 aromatic rings. The molecule has 2 unspecified atom stereocenters. The van der Waals surface area contributed by atoms with Crippen LogP contribution in [0.3, 0.4) is 0 Å². The lowest BCUT2D eigenvalue weighted by Gasteiger charge is -2.40. The molecule has 2 atom stereocenters. The molecule has 2 N–H and O–H groups in total. The Balaban J connectivity index is 2.32. The summed E-state index contributed by atoms with van der Waals surface area (Å²) in [6.07, 6.45) is 0. The lowest BCUT2D eigenvalue weighted by Crippen LogP contribution is -2.57. The van der Waals surface area contributed by atoms with Gasteiger partial charge < -0.3 is 24.8 Å². The van der Waals surface area contributed by atoms with Crippen LogP contribution in [0.25, 0.3) is 0 Å². The molecule has 0 saturated carbocycles. The van der Waals surface area contributed by atoms with Crippen LogP contribution in [0.4, 0.5) is 5.69 Å². The minimum atomic E-state index is 0.0681. The highest BCUT2D eigenvalue weighted by Crippen LogP contribution is 2.34. The van der Waals surface area contributed by atoms with Crippen LogP contribution in [0.5, 0.6) is 11.5 Å². The maximum Gasteiger partial charge on any atom is 0.145 e. The molecule has 1 aromatic carbocycles. The standard InChI is InChI=1S/C14H22N2O3/c1-10-8-16(11(9-17)7-15-10)13-5-4-12(18-2)6-14(13)19-3/h4-6,10-11,15,17H,7-9H2,1-3H3. The van der Waals surface area contributed by atoms with Crippen molar-refractivity contribution < 1.29 is 14.6 Å². The van der Waals surface area contributed by atoms with E-state index in [4.69, 9.17) is 9.47 Å². The number of piperazine rings is 1. The number of nitrogens with zero attached hydrogens (tertiary/aromatic N) is 1. The summed E-state index contributed by atoms with van der Waals surface area (Å²) in [6.45, 7) is 3.87. The van der Waals surface area contributed by atoms with Crippen molar-refractivity contribution in [2.45, 2.75) is 19.0 Å². The molecule has 0 aromatic heterocycles. The first-order valence-corrected chi connectivity index (χ1v) is 6.52. The third-order valence-electron chi connectivity index (χ3n) is 3.52. The normalized spacial score (nSPS) is 23.3. The van der Waals surface area contributed by atoms with E-state index in [1.807, 2.05) is 18.2 Å². The van der Waals surface area contributed by atoms with E-state index in [-0.39, 0.29) is 12.6 Å². The van der Waals surface area contributed by atoms with Crippen LogP contribution in [0, 0.1) is 0 Å². The van der Waals surface area contributed by atoms with Crippen molar-refractivity contribution in [3.05, 3.63) is 18.2 Å². The van der Waals surface area contributed by atoms with Gasteiger partial charge in [-0.3, -0.25) is 0 Å². The smallest absolute Gasteiger partial charge is 0.145 e. The Bertz CT molecular complexity index is 425. The third kappa shape index (κ3) is 2.93. The Kier molecular flexibility index (Phi) is 4.50. The SMILES string of the molecule is COc1ccc(N2CC(C)NCC2CO)c(OC)c1. The van der Waals surface area contributed by atoms with Gasteiger partial charge in [0.2, 0.25) is 0 Å². The summed E-state index contributed by atoms with van der Waals surface area (Å²) in [4.78, 5) is 2.19. The Hall–Kier alpha value is -1.46. The second kappa shape index (κ2) is 6.12. The zero-order valence-electron chi connectivity index (χ0n) is 11.7. The lowest BCUT2D eigenvalue weighted by molar-refractivity contribution is 0.236. The fourth-order valence-electron chi connectivity index (χ4n) is 2.44. The van der Waals surface area contributed by atoms with E-state index < -0.39 is 0 Å². The first-order valence-electron chi connectivity index (χ1n) is 6.52. The summed E-state index contributed by atoms with van der Waals surface area (Å²) in [5, 5.41) is 12.9. The first-order chi connectivity index (χ1) is 9.19. The van der Waals surface area contributed by atoms with Gasteiger partial charge in [0.1, 0.15) is 11.5 Å². The zero-order valence-corrected chi connectivity index (χ0v) is 11.7. The number of nitrogens with one attached hydrogen (secondary N) is 1. The number of hydrogen-bond donors (Lipinski definition) is 2. The van der Waals surface area contributed by atoms with Crippen molar-refractivity contribution in [2.75, 3.05) is 38.8 Å². The van der Waals surface area contributed by atoms with Gasteiger partial charge in [0.05, 0.1) is 32.6 Å². The van der Waals surface area contributed by atoms with Crippen LogP contribution < -0.4 is 19.7 Å². The van der Waals surface area contributed by atoms with Crippen molar-refractivity contribution in [1.82, 2.24) is 5.32 Å². The van der Waals surface area contributed by atoms with Crippen molar-refractivity contribution in [3.63, 3.8) is 0 Å². The average molecular weight is 266 g/mol. The molecule has 1 heterocycles. The van der Waals surface area contributed by atoms with Gasteiger partial charge in [-0.15, -0.1) is 0 Å². The second-order valence-corrected chi connectivity index (χ2v) is 4.84. The van der Waals surface area contributed by atoms with Crippen molar-refractivity contribution in [2.24, 2.45) is 0 Å². The average Bonchev–Trinajstić information content (AvgIpc) is 2.46. The highest BCUT2D eigenvalue weighted by Gasteiger charge is 2.27. The maximum absolute atomic E-state index is 9.53. The van der Waals surface area contributed by atoms with Crippen LogP contribution in [-0.2, 0) is 0 Å². The van der Waals surface area contributed by atoms with E-state index in [0.717, 1.165) is 30.3 Å². The van der Waals surface area contributed by atoms with Gasteiger partial charge in [-0.1, -0.05) is 0 Å². The summed E-state index contributed by atoms with van der Waals surface area (Å²) in [5.41, 5.74) is 0.996. The van der Waals surface area contributed by atoms with Gasteiger partial charge in [-0.25, -0.2) is 0 Å². The van der Waals surface area contributed by atoms with Crippen LogP contribution >= 0.6 is 0 Å². The fraction of sp³-hybridized carbons (Fsp3) is 0.571. The Labute approximate surface area is 114 Å². The molecule has 2 rings (SSSR count). The monoisotopic (exact) mass is 266 g/mol. The quantitative estimate of drug-likeness (QED) is 0.846. The highest BCUT2D eigenvalue weighted by atomic mass is 16.5. The van der Waals surface area contributed by atoms with E-state index in [1.165, 1.54) is 0 Å². The summed E-state index contributed by atoms with van der Waals surface area (Å²) >= 11 is 0. The number of hydrogen-bond acceptors (Lipinski definition) is 5. The van der Waals surface area contributed by atoms with E-state index in [2.05, 4.69) is 17.1 Å². The number of aliphatic hydroxyl groups is 1. The minimum Gasteiger partial charge on any atom is -0.497 e. The van der Waals surface area contributed by atoms with Gasteiger partial charge in [0, 0.05) is 25.2 Å². The summed E-state index contributed by atoms with van der Waals surface area (Å²) in [6, 6.07) is 6.22. The molecule has 1 aliphatic rings. The number of ether oxygens (including phenoxy) is 2. The molecule has 1 saturated heterocycles. The van der Waals surface area contributed by atoms with Crippen molar-refractivity contribution in [3.8, 4) is 11.5 Å². The molecule has 19 heavy (non-hydrogen) atoms. The lowest BCUT2D eigenvalue weighted by atomic mass is 10.1. The molecule has 0 aliphatic carbocycles. The molecular weight excluding hydrogens is 244 g/mol. The number of methoxy groups -OCH3 is 2. The van der Waals surface area contributed by atoms with Gasteiger partial charge in [-0.05, 0) is 19.1 Å². The fourth-order valence-corrected chi connectivity index (χ4v) is 2.44. The maximum atomic E-state index is 9.53. The van der Waals surface area contributed by atoms with Gasteiger partial charge in [0.15, 0.2) is 0 Å². The predicted octanol–water partition coefficient (Wildman–Crippen LogP) is 0.863. The van der Waals surface area contributed by atoms with Gasteiger partial charge in [0.25, 0.3) is 0 Å². The van der Waals surface area contributed by atoms with Crippen LogP contribution in [0.15, 0.2) is 18.2 Å². The second-order valence-electron chi connectivity index (χ2n) is 4.84. The molecule has 5 nitrogen and oxygen atoms in total. The predicted molar refractivity (Wildman–Crippen MR) is 75.2 cm³/mol. The number of rotatable bonds is 4. The Morgan fingerprint density at radius 2 is 2.16 bits per heavy atom. The Morgan fingerprint density at radius 3 is 2.79 bits per heavy atom. The largest absolute Gasteiger partial charge is 0.497 e. The first kappa shape index (κ1) is 14.0. The van der Waals surface area contributed by atoms with Crippen molar-refractivity contribution in [1.29, 1.82) is 0 Å². The number of anilines is 1. The third-order valence-corrected chi connectivity index (χ3v) is 3.52. The van der Waals surface area contributed by atoms with Gasteiger partial charge in [-0.2, -0.15) is 0 Å². The van der Waals surface area contributed by atoms with E-state index in [0.29, 0.717) is 6.04 Å². The highest BCUT2D eigenvalue weighted by molar-refractivity contribution is 5.62. The zero-order chi connectivity index (χ0) is 13.8. The molecule has 0 bridgehead atoms. The Morgan fingerprint density at radius 1 is 1.37 bits per heavy atom. The molecule has 0 spiro atoms.